The number of amides is 2. The summed E-state index contributed by atoms with van der Waals surface area (Å²) < 4.78 is 0. The minimum atomic E-state index is 0.0544. The standard InChI is InChI=1S/C18H29N3O/c1-14(2)19-17(22)21-12-10-20(11-13-21)16-9-7-6-8-15(16)18(3,4)5/h6-9,14H,10-13H2,1-5H3,(H,19,22). The first-order chi connectivity index (χ1) is 10.3. The Morgan fingerprint density at radius 2 is 1.68 bits per heavy atom. The zero-order valence-electron chi connectivity index (χ0n) is 14.5. The molecule has 0 saturated carbocycles. The lowest BCUT2D eigenvalue weighted by molar-refractivity contribution is 0.192. The molecule has 0 radical (unpaired) electrons. The minimum absolute atomic E-state index is 0.0544. The predicted molar refractivity (Wildman–Crippen MR) is 92.6 cm³/mol. The van der Waals surface area contributed by atoms with E-state index in [2.05, 4.69) is 55.3 Å². The van der Waals surface area contributed by atoms with E-state index in [1.54, 1.807) is 0 Å². The summed E-state index contributed by atoms with van der Waals surface area (Å²) in [7, 11) is 0. The maximum atomic E-state index is 12.1. The van der Waals surface area contributed by atoms with Crippen molar-refractivity contribution in [2.45, 2.75) is 46.1 Å². The van der Waals surface area contributed by atoms with Crippen molar-refractivity contribution in [1.82, 2.24) is 10.2 Å². The summed E-state index contributed by atoms with van der Waals surface area (Å²) in [5.74, 6) is 0. The molecule has 4 nitrogen and oxygen atoms in total. The number of hydrogen-bond donors (Lipinski definition) is 1. The van der Waals surface area contributed by atoms with E-state index in [0.29, 0.717) is 0 Å². The van der Waals surface area contributed by atoms with Gasteiger partial charge in [-0.05, 0) is 30.9 Å². The quantitative estimate of drug-likeness (QED) is 0.910. The molecule has 1 saturated heterocycles. The Bertz CT molecular complexity index is 511. The van der Waals surface area contributed by atoms with Crippen LogP contribution in [-0.4, -0.2) is 43.2 Å². The van der Waals surface area contributed by atoms with Crippen LogP contribution in [0, 0.1) is 0 Å². The maximum absolute atomic E-state index is 12.1. The van der Waals surface area contributed by atoms with Crippen molar-refractivity contribution < 1.29 is 4.79 Å². The summed E-state index contributed by atoms with van der Waals surface area (Å²) >= 11 is 0. The van der Waals surface area contributed by atoms with Gasteiger partial charge in [0.2, 0.25) is 0 Å². The Balaban J connectivity index is 2.05. The van der Waals surface area contributed by atoms with E-state index < -0.39 is 0 Å². The molecule has 0 unspecified atom stereocenters. The average molecular weight is 303 g/mol. The van der Waals surface area contributed by atoms with Gasteiger partial charge in [0.05, 0.1) is 0 Å². The number of carbonyl (C=O) groups is 1. The number of nitrogens with one attached hydrogen (secondary N) is 1. The molecule has 1 N–H and O–H groups in total. The molecule has 1 aromatic carbocycles. The van der Waals surface area contributed by atoms with Crippen LogP contribution in [0.3, 0.4) is 0 Å². The van der Waals surface area contributed by atoms with Crippen LogP contribution in [0.15, 0.2) is 24.3 Å². The Kier molecular flexibility index (Phi) is 4.99. The van der Waals surface area contributed by atoms with Crippen molar-refractivity contribution in [3.8, 4) is 0 Å². The van der Waals surface area contributed by atoms with Crippen LogP contribution in [0.5, 0.6) is 0 Å². The molecule has 1 heterocycles. The van der Waals surface area contributed by atoms with Crippen LogP contribution < -0.4 is 10.2 Å². The predicted octanol–water partition coefficient (Wildman–Crippen LogP) is 3.22. The monoisotopic (exact) mass is 303 g/mol. The second kappa shape index (κ2) is 6.59. The number of nitrogens with zero attached hydrogens (tertiary/aromatic N) is 2. The van der Waals surface area contributed by atoms with Crippen LogP contribution in [0.25, 0.3) is 0 Å². The molecule has 1 aromatic rings. The number of carbonyl (C=O) groups excluding carboxylic acids is 1. The minimum Gasteiger partial charge on any atom is -0.368 e. The first-order valence-corrected chi connectivity index (χ1v) is 8.19. The van der Waals surface area contributed by atoms with Crippen LogP contribution in [0.1, 0.15) is 40.2 Å². The lowest BCUT2D eigenvalue weighted by Crippen LogP contribution is -2.53. The van der Waals surface area contributed by atoms with E-state index in [4.69, 9.17) is 0 Å². The Hall–Kier alpha value is -1.71. The van der Waals surface area contributed by atoms with Gasteiger partial charge in [0.15, 0.2) is 0 Å². The zero-order chi connectivity index (χ0) is 16.3. The number of urea groups is 1. The molecule has 1 aliphatic rings. The van der Waals surface area contributed by atoms with Crippen molar-refractivity contribution in [2.24, 2.45) is 0 Å². The van der Waals surface area contributed by atoms with E-state index in [0.717, 1.165) is 26.2 Å². The van der Waals surface area contributed by atoms with Gasteiger partial charge in [0.25, 0.3) is 0 Å². The summed E-state index contributed by atoms with van der Waals surface area (Å²) in [4.78, 5) is 16.4. The molecule has 1 aliphatic heterocycles. The van der Waals surface area contributed by atoms with E-state index in [1.165, 1.54) is 11.3 Å². The smallest absolute Gasteiger partial charge is 0.317 e. The summed E-state index contributed by atoms with van der Waals surface area (Å²) in [5.41, 5.74) is 2.80. The van der Waals surface area contributed by atoms with E-state index in [-0.39, 0.29) is 17.5 Å². The van der Waals surface area contributed by atoms with Crippen molar-refractivity contribution >= 4 is 11.7 Å². The van der Waals surface area contributed by atoms with E-state index >= 15 is 0 Å². The fourth-order valence-corrected chi connectivity index (χ4v) is 2.87. The lowest BCUT2D eigenvalue weighted by atomic mass is 9.85. The molecular formula is C18H29N3O. The fourth-order valence-electron chi connectivity index (χ4n) is 2.87. The molecule has 0 atom stereocenters. The van der Waals surface area contributed by atoms with Gasteiger partial charge in [0, 0.05) is 37.9 Å². The van der Waals surface area contributed by atoms with Gasteiger partial charge in [-0.2, -0.15) is 0 Å². The van der Waals surface area contributed by atoms with Gasteiger partial charge in [-0.3, -0.25) is 0 Å². The number of benzene rings is 1. The van der Waals surface area contributed by atoms with Crippen LogP contribution in [-0.2, 0) is 5.41 Å². The average Bonchev–Trinajstić information content (AvgIpc) is 2.46. The van der Waals surface area contributed by atoms with Gasteiger partial charge >= 0.3 is 6.03 Å². The van der Waals surface area contributed by atoms with Crippen molar-refractivity contribution in [2.75, 3.05) is 31.1 Å². The van der Waals surface area contributed by atoms with Crippen LogP contribution in [0.2, 0.25) is 0 Å². The topological polar surface area (TPSA) is 35.6 Å². The largest absolute Gasteiger partial charge is 0.368 e. The normalized spacial score (nSPS) is 16.1. The number of hydrogen-bond acceptors (Lipinski definition) is 2. The molecule has 4 heteroatoms. The molecule has 22 heavy (non-hydrogen) atoms. The second-order valence-corrected chi connectivity index (χ2v) is 7.35. The van der Waals surface area contributed by atoms with Crippen molar-refractivity contribution in [1.29, 1.82) is 0 Å². The first-order valence-electron chi connectivity index (χ1n) is 8.19. The number of rotatable bonds is 2. The molecule has 0 bridgehead atoms. The molecule has 0 spiro atoms. The highest BCUT2D eigenvalue weighted by Crippen LogP contribution is 2.32. The Labute approximate surface area is 134 Å². The van der Waals surface area contributed by atoms with E-state index in [9.17, 15) is 4.79 Å². The number of piperazine rings is 1. The lowest BCUT2D eigenvalue weighted by Gasteiger charge is -2.38. The number of para-hydroxylation sites is 1. The fraction of sp³-hybridized carbons (Fsp3) is 0.611. The summed E-state index contributed by atoms with van der Waals surface area (Å²) in [6, 6.07) is 8.86. The van der Waals surface area contributed by atoms with Gasteiger partial charge in [-0.15, -0.1) is 0 Å². The molecule has 1 fully saturated rings. The van der Waals surface area contributed by atoms with Gasteiger partial charge in [0.1, 0.15) is 0 Å². The Morgan fingerprint density at radius 3 is 2.23 bits per heavy atom. The third-order valence-corrected chi connectivity index (χ3v) is 4.03. The summed E-state index contributed by atoms with van der Waals surface area (Å²) in [5, 5.41) is 2.97. The highest BCUT2D eigenvalue weighted by atomic mass is 16.2. The van der Waals surface area contributed by atoms with Crippen LogP contribution >= 0.6 is 0 Å². The summed E-state index contributed by atoms with van der Waals surface area (Å²) in [6.07, 6.45) is 0. The van der Waals surface area contributed by atoms with Gasteiger partial charge in [-0.1, -0.05) is 39.0 Å². The molecule has 122 valence electrons. The SMILES string of the molecule is CC(C)NC(=O)N1CCN(c2ccccc2C(C)(C)C)CC1. The van der Waals surface area contributed by atoms with Gasteiger partial charge in [-0.25, -0.2) is 4.79 Å². The highest BCUT2D eigenvalue weighted by Gasteiger charge is 2.25. The molecule has 0 aromatic heterocycles. The molecule has 2 rings (SSSR count). The van der Waals surface area contributed by atoms with Gasteiger partial charge < -0.3 is 15.1 Å². The summed E-state index contributed by atoms with van der Waals surface area (Å²) in [6.45, 7) is 14.1. The van der Waals surface area contributed by atoms with E-state index in [1.807, 2.05) is 18.7 Å². The number of anilines is 1. The maximum Gasteiger partial charge on any atom is 0.317 e. The van der Waals surface area contributed by atoms with Crippen molar-refractivity contribution in [3.63, 3.8) is 0 Å². The first kappa shape index (κ1) is 16.7. The zero-order valence-corrected chi connectivity index (χ0v) is 14.5. The highest BCUT2D eigenvalue weighted by molar-refractivity contribution is 5.75. The molecular weight excluding hydrogens is 274 g/mol. The second-order valence-electron chi connectivity index (χ2n) is 7.35. The third-order valence-electron chi connectivity index (χ3n) is 4.03. The molecule has 2 amide bonds. The van der Waals surface area contributed by atoms with Crippen molar-refractivity contribution in [3.05, 3.63) is 29.8 Å². The Morgan fingerprint density at radius 1 is 1.09 bits per heavy atom. The van der Waals surface area contributed by atoms with Crippen LogP contribution in [0.4, 0.5) is 10.5 Å². The third kappa shape index (κ3) is 3.93. The molecule has 0 aliphatic carbocycles.